The average molecular weight is 226 g/mol. The van der Waals surface area contributed by atoms with Gasteiger partial charge in [-0.3, -0.25) is 4.31 Å². The van der Waals surface area contributed by atoms with Crippen LogP contribution in [-0.2, 0) is 10.2 Å². The molecule has 5 heteroatoms. The molecule has 1 aromatic rings. The summed E-state index contributed by atoms with van der Waals surface area (Å²) < 4.78 is 26.9. The van der Waals surface area contributed by atoms with E-state index in [0.29, 0.717) is 19.6 Å². The number of likely N-dealkylation sites (N-methyl/N-ethyl adjacent to an activating group) is 1. The third-order valence-corrected chi connectivity index (χ3v) is 4.60. The Morgan fingerprint density at radius 3 is 2.40 bits per heavy atom. The van der Waals surface area contributed by atoms with Crippen LogP contribution in [0.2, 0.25) is 0 Å². The third kappa shape index (κ3) is 1.72. The van der Waals surface area contributed by atoms with Gasteiger partial charge in [0.05, 0.1) is 5.69 Å². The number of para-hydroxylation sites is 1. The van der Waals surface area contributed by atoms with Crippen LogP contribution in [0.15, 0.2) is 30.3 Å². The Hall–Kier alpha value is -1.07. The normalized spacial score (nSPS) is 20.7. The maximum absolute atomic E-state index is 12.0. The molecule has 0 saturated carbocycles. The number of benzene rings is 1. The minimum atomic E-state index is -3.26. The van der Waals surface area contributed by atoms with Crippen molar-refractivity contribution in [3.63, 3.8) is 0 Å². The van der Waals surface area contributed by atoms with E-state index < -0.39 is 10.2 Å². The lowest BCUT2D eigenvalue weighted by atomic mass is 10.3. The molecule has 0 bridgehead atoms. The van der Waals surface area contributed by atoms with Crippen molar-refractivity contribution in [1.29, 1.82) is 0 Å². The predicted octanol–water partition coefficient (Wildman–Crippen LogP) is 1.07. The minimum Gasteiger partial charge on any atom is -0.256 e. The summed E-state index contributed by atoms with van der Waals surface area (Å²) in [6.07, 6.45) is 0. The molecule has 0 atom stereocenters. The van der Waals surface area contributed by atoms with Crippen molar-refractivity contribution in [1.82, 2.24) is 4.31 Å². The van der Waals surface area contributed by atoms with Gasteiger partial charge >= 0.3 is 10.2 Å². The summed E-state index contributed by atoms with van der Waals surface area (Å²) >= 11 is 0. The van der Waals surface area contributed by atoms with E-state index in [1.807, 2.05) is 37.3 Å². The van der Waals surface area contributed by atoms with Crippen molar-refractivity contribution in [2.75, 3.05) is 23.9 Å². The second-order valence-electron chi connectivity index (χ2n) is 3.41. The fourth-order valence-electron chi connectivity index (χ4n) is 1.75. The highest BCUT2D eigenvalue weighted by molar-refractivity contribution is 7.90. The van der Waals surface area contributed by atoms with Gasteiger partial charge in [-0.05, 0) is 12.1 Å². The van der Waals surface area contributed by atoms with Crippen LogP contribution >= 0.6 is 0 Å². The number of hydrogen-bond acceptors (Lipinski definition) is 2. The summed E-state index contributed by atoms with van der Waals surface area (Å²) in [5, 5.41) is 0. The van der Waals surface area contributed by atoms with Crippen molar-refractivity contribution in [2.24, 2.45) is 0 Å². The first kappa shape index (κ1) is 10.4. The first-order chi connectivity index (χ1) is 7.16. The van der Waals surface area contributed by atoms with Crippen LogP contribution in [0, 0.1) is 0 Å². The van der Waals surface area contributed by atoms with Crippen molar-refractivity contribution >= 4 is 15.9 Å². The van der Waals surface area contributed by atoms with Gasteiger partial charge in [-0.25, -0.2) is 0 Å². The highest BCUT2D eigenvalue weighted by Crippen LogP contribution is 2.24. The smallest absolute Gasteiger partial charge is 0.256 e. The van der Waals surface area contributed by atoms with Crippen LogP contribution in [0.3, 0.4) is 0 Å². The summed E-state index contributed by atoms with van der Waals surface area (Å²) in [4.78, 5) is 0. The average Bonchev–Trinajstić information content (AvgIpc) is 2.54. The summed E-state index contributed by atoms with van der Waals surface area (Å²) in [7, 11) is -3.26. The molecule has 1 saturated heterocycles. The van der Waals surface area contributed by atoms with Gasteiger partial charge in [-0.1, -0.05) is 25.1 Å². The van der Waals surface area contributed by atoms with E-state index in [4.69, 9.17) is 0 Å². The molecule has 1 aliphatic heterocycles. The largest absolute Gasteiger partial charge is 0.304 e. The van der Waals surface area contributed by atoms with E-state index >= 15 is 0 Å². The Bertz CT molecular complexity index is 430. The molecule has 82 valence electrons. The molecule has 0 radical (unpaired) electrons. The van der Waals surface area contributed by atoms with Crippen molar-refractivity contribution in [3.05, 3.63) is 30.3 Å². The second-order valence-corrected chi connectivity index (χ2v) is 5.26. The van der Waals surface area contributed by atoms with Crippen LogP contribution in [0.25, 0.3) is 0 Å². The number of nitrogens with zero attached hydrogens (tertiary/aromatic N) is 2. The fourth-order valence-corrected chi connectivity index (χ4v) is 3.37. The molecule has 1 aromatic carbocycles. The quantitative estimate of drug-likeness (QED) is 0.757. The van der Waals surface area contributed by atoms with Gasteiger partial charge in [0.25, 0.3) is 0 Å². The molecule has 0 aliphatic carbocycles. The van der Waals surface area contributed by atoms with Gasteiger partial charge in [0, 0.05) is 19.6 Å². The van der Waals surface area contributed by atoms with Gasteiger partial charge in [0.15, 0.2) is 0 Å². The summed E-state index contributed by atoms with van der Waals surface area (Å²) in [6, 6.07) is 9.20. The maximum Gasteiger partial charge on any atom is 0.304 e. The number of rotatable bonds is 2. The van der Waals surface area contributed by atoms with Crippen LogP contribution in [0.4, 0.5) is 5.69 Å². The monoisotopic (exact) mass is 226 g/mol. The van der Waals surface area contributed by atoms with Crippen molar-refractivity contribution in [2.45, 2.75) is 6.92 Å². The molecule has 2 rings (SSSR count). The third-order valence-electron chi connectivity index (χ3n) is 2.55. The highest BCUT2D eigenvalue weighted by atomic mass is 32.2. The molecular formula is C10H14N2O2S. The number of hydrogen-bond donors (Lipinski definition) is 0. The molecule has 15 heavy (non-hydrogen) atoms. The molecule has 0 spiro atoms. The zero-order valence-electron chi connectivity index (χ0n) is 8.63. The molecule has 0 amide bonds. The van der Waals surface area contributed by atoms with Gasteiger partial charge in [0.1, 0.15) is 0 Å². The predicted molar refractivity (Wildman–Crippen MR) is 60.0 cm³/mol. The lowest BCUT2D eigenvalue weighted by molar-refractivity contribution is 0.469. The van der Waals surface area contributed by atoms with Gasteiger partial charge in [-0.15, -0.1) is 0 Å². The molecule has 0 aromatic heterocycles. The standard InChI is InChI=1S/C10H14N2O2S/c1-2-11-8-9-12(15(11,13)14)10-6-4-3-5-7-10/h3-7H,2,8-9H2,1H3. The zero-order valence-corrected chi connectivity index (χ0v) is 9.44. The van der Waals surface area contributed by atoms with E-state index in [0.717, 1.165) is 5.69 Å². The first-order valence-corrected chi connectivity index (χ1v) is 6.39. The molecule has 1 aliphatic rings. The van der Waals surface area contributed by atoms with Crippen molar-refractivity contribution in [3.8, 4) is 0 Å². The lowest BCUT2D eigenvalue weighted by Crippen LogP contribution is -2.32. The molecule has 0 N–H and O–H groups in total. The molecule has 0 unspecified atom stereocenters. The topological polar surface area (TPSA) is 40.6 Å². The van der Waals surface area contributed by atoms with Gasteiger partial charge in [0.2, 0.25) is 0 Å². The molecular weight excluding hydrogens is 212 g/mol. The Morgan fingerprint density at radius 1 is 1.20 bits per heavy atom. The van der Waals surface area contributed by atoms with Crippen LogP contribution in [0.1, 0.15) is 6.92 Å². The Morgan fingerprint density at radius 2 is 1.87 bits per heavy atom. The van der Waals surface area contributed by atoms with Crippen LogP contribution < -0.4 is 4.31 Å². The van der Waals surface area contributed by atoms with E-state index in [-0.39, 0.29) is 0 Å². The summed E-state index contributed by atoms with van der Waals surface area (Å²) in [5.41, 5.74) is 0.744. The number of anilines is 1. The Labute approximate surface area is 90.3 Å². The zero-order chi connectivity index (χ0) is 10.9. The van der Waals surface area contributed by atoms with E-state index in [2.05, 4.69) is 0 Å². The van der Waals surface area contributed by atoms with Gasteiger partial charge in [-0.2, -0.15) is 12.7 Å². The minimum absolute atomic E-state index is 0.533. The van der Waals surface area contributed by atoms with Crippen LogP contribution in [0.5, 0.6) is 0 Å². The van der Waals surface area contributed by atoms with E-state index in [1.54, 1.807) is 0 Å². The Kier molecular flexibility index (Phi) is 2.67. The van der Waals surface area contributed by atoms with Crippen LogP contribution in [-0.4, -0.2) is 32.4 Å². The fraction of sp³-hybridized carbons (Fsp3) is 0.400. The maximum atomic E-state index is 12.0. The highest BCUT2D eigenvalue weighted by Gasteiger charge is 2.35. The SMILES string of the molecule is CCN1CCN(c2ccccc2)S1(=O)=O. The summed E-state index contributed by atoms with van der Waals surface area (Å²) in [5.74, 6) is 0. The summed E-state index contributed by atoms with van der Waals surface area (Å²) in [6.45, 7) is 3.51. The first-order valence-electron chi connectivity index (χ1n) is 4.99. The second kappa shape index (κ2) is 3.83. The molecule has 1 fully saturated rings. The van der Waals surface area contributed by atoms with E-state index in [1.165, 1.54) is 8.61 Å². The lowest BCUT2D eigenvalue weighted by Gasteiger charge is -2.18. The molecule has 1 heterocycles. The Balaban J connectivity index is 2.34. The molecule has 4 nitrogen and oxygen atoms in total. The van der Waals surface area contributed by atoms with E-state index in [9.17, 15) is 8.42 Å². The van der Waals surface area contributed by atoms with Gasteiger partial charge < -0.3 is 0 Å². The van der Waals surface area contributed by atoms with Crippen molar-refractivity contribution < 1.29 is 8.42 Å².